The standard InChI is InChI=1S/C19H17FINO/c1-12(2)16-11-17(21)19(23-3)18(15(16)5-4-10-22)13-6-8-14(20)9-7-13/h4-9,11-12H,1-3H3. The maximum absolute atomic E-state index is 13.3. The first-order chi connectivity index (χ1) is 11.0. The van der Waals surface area contributed by atoms with Crippen molar-refractivity contribution in [2.45, 2.75) is 19.8 Å². The van der Waals surface area contributed by atoms with Crippen LogP contribution in [0.1, 0.15) is 30.9 Å². The molecule has 2 nitrogen and oxygen atoms in total. The average Bonchev–Trinajstić information content (AvgIpc) is 2.53. The van der Waals surface area contributed by atoms with Gasteiger partial charge in [0.05, 0.1) is 16.7 Å². The molecule has 0 saturated carbocycles. The summed E-state index contributed by atoms with van der Waals surface area (Å²) in [5, 5.41) is 8.92. The molecule has 2 aromatic rings. The van der Waals surface area contributed by atoms with Gasteiger partial charge in [-0.1, -0.05) is 26.0 Å². The topological polar surface area (TPSA) is 33.0 Å². The van der Waals surface area contributed by atoms with Gasteiger partial charge in [-0.3, -0.25) is 0 Å². The number of hydrogen-bond acceptors (Lipinski definition) is 2. The van der Waals surface area contributed by atoms with Gasteiger partial charge in [0.15, 0.2) is 0 Å². The van der Waals surface area contributed by atoms with E-state index in [0.717, 1.165) is 31.6 Å². The zero-order chi connectivity index (χ0) is 17.0. The van der Waals surface area contributed by atoms with Crippen molar-refractivity contribution in [1.82, 2.24) is 0 Å². The second kappa shape index (κ2) is 7.60. The van der Waals surface area contributed by atoms with Crippen LogP contribution in [0, 0.1) is 20.7 Å². The van der Waals surface area contributed by atoms with Crippen molar-refractivity contribution in [2.24, 2.45) is 0 Å². The molecule has 0 amide bonds. The molecule has 0 N–H and O–H groups in total. The van der Waals surface area contributed by atoms with Crippen LogP contribution in [-0.4, -0.2) is 7.11 Å². The molecule has 2 rings (SSSR count). The first kappa shape index (κ1) is 17.5. The Morgan fingerprint density at radius 1 is 1.26 bits per heavy atom. The van der Waals surface area contributed by atoms with Crippen LogP contribution < -0.4 is 4.74 Å². The van der Waals surface area contributed by atoms with Crippen LogP contribution in [0.25, 0.3) is 17.2 Å². The fraction of sp³-hybridized carbons (Fsp3) is 0.211. The summed E-state index contributed by atoms with van der Waals surface area (Å²) in [7, 11) is 1.62. The average molecular weight is 421 g/mol. The third kappa shape index (κ3) is 3.73. The number of hydrogen-bond donors (Lipinski definition) is 0. The minimum atomic E-state index is -0.281. The number of allylic oxidation sites excluding steroid dienone is 1. The quantitative estimate of drug-likeness (QED) is 0.464. The van der Waals surface area contributed by atoms with Crippen LogP contribution in [0.4, 0.5) is 4.39 Å². The minimum absolute atomic E-state index is 0.281. The SMILES string of the molecule is COc1c(I)cc(C(C)C)c(C=CC#N)c1-c1ccc(F)cc1. The summed E-state index contributed by atoms with van der Waals surface area (Å²) in [6, 6.07) is 10.4. The van der Waals surface area contributed by atoms with Gasteiger partial charge in [-0.15, -0.1) is 0 Å². The van der Waals surface area contributed by atoms with Crippen LogP contribution in [0.15, 0.2) is 36.4 Å². The number of rotatable bonds is 4. The predicted octanol–water partition coefficient (Wildman–Crippen LogP) is 5.77. The second-order valence-corrected chi connectivity index (χ2v) is 6.56. The highest BCUT2D eigenvalue weighted by Crippen LogP contribution is 2.41. The third-order valence-electron chi connectivity index (χ3n) is 3.59. The minimum Gasteiger partial charge on any atom is -0.495 e. The molecular weight excluding hydrogens is 404 g/mol. The highest BCUT2D eigenvalue weighted by atomic mass is 127. The largest absolute Gasteiger partial charge is 0.495 e. The Morgan fingerprint density at radius 2 is 1.91 bits per heavy atom. The Morgan fingerprint density at radius 3 is 2.43 bits per heavy atom. The fourth-order valence-electron chi connectivity index (χ4n) is 2.55. The maximum atomic E-state index is 13.3. The molecule has 0 aliphatic heterocycles. The molecule has 118 valence electrons. The first-order valence-electron chi connectivity index (χ1n) is 7.22. The van der Waals surface area contributed by atoms with E-state index in [1.807, 2.05) is 6.07 Å². The zero-order valence-corrected chi connectivity index (χ0v) is 15.4. The molecule has 0 bridgehead atoms. The lowest BCUT2D eigenvalue weighted by molar-refractivity contribution is 0.413. The van der Waals surface area contributed by atoms with Crippen molar-refractivity contribution in [3.8, 4) is 22.9 Å². The van der Waals surface area contributed by atoms with Crippen molar-refractivity contribution in [3.05, 3.63) is 56.9 Å². The second-order valence-electron chi connectivity index (χ2n) is 5.39. The van der Waals surface area contributed by atoms with Gasteiger partial charge >= 0.3 is 0 Å². The summed E-state index contributed by atoms with van der Waals surface area (Å²) in [4.78, 5) is 0. The number of nitrogens with zero attached hydrogens (tertiary/aromatic N) is 1. The van der Waals surface area contributed by atoms with E-state index in [-0.39, 0.29) is 11.7 Å². The van der Waals surface area contributed by atoms with E-state index < -0.39 is 0 Å². The van der Waals surface area contributed by atoms with E-state index in [2.05, 4.69) is 42.5 Å². The summed E-state index contributed by atoms with van der Waals surface area (Å²) in [6.45, 7) is 4.21. The molecule has 0 heterocycles. The Balaban J connectivity index is 2.86. The monoisotopic (exact) mass is 421 g/mol. The Bertz CT molecular complexity index is 773. The summed E-state index contributed by atoms with van der Waals surface area (Å²) >= 11 is 2.24. The maximum Gasteiger partial charge on any atom is 0.140 e. The van der Waals surface area contributed by atoms with E-state index in [9.17, 15) is 4.39 Å². The smallest absolute Gasteiger partial charge is 0.140 e. The van der Waals surface area contributed by atoms with Crippen LogP contribution in [-0.2, 0) is 0 Å². The van der Waals surface area contributed by atoms with Crippen molar-refractivity contribution in [1.29, 1.82) is 5.26 Å². The zero-order valence-electron chi connectivity index (χ0n) is 13.2. The van der Waals surface area contributed by atoms with Crippen LogP contribution in [0.2, 0.25) is 0 Å². The van der Waals surface area contributed by atoms with Gasteiger partial charge in [-0.25, -0.2) is 4.39 Å². The van der Waals surface area contributed by atoms with Crippen LogP contribution >= 0.6 is 22.6 Å². The van der Waals surface area contributed by atoms with Gasteiger partial charge in [-0.05, 0) is 69.5 Å². The van der Waals surface area contributed by atoms with Gasteiger partial charge < -0.3 is 4.74 Å². The number of halogens is 2. The van der Waals surface area contributed by atoms with Crippen molar-refractivity contribution < 1.29 is 9.13 Å². The number of benzene rings is 2. The Labute approximate surface area is 149 Å². The van der Waals surface area contributed by atoms with E-state index >= 15 is 0 Å². The number of nitriles is 1. The molecule has 0 aromatic heterocycles. The van der Waals surface area contributed by atoms with E-state index in [0.29, 0.717) is 0 Å². The predicted molar refractivity (Wildman–Crippen MR) is 99.8 cm³/mol. The normalized spacial score (nSPS) is 11.0. The summed E-state index contributed by atoms with van der Waals surface area (Å²) < 4.78 is 19.9. The van der Waals surface area contributed by atoms with Crippen LogP contribution in [0.5, 0.6) is 5.75 Å². The molecular formula is C19H17FINO. The third-order valence-corrected chi connectivity index (χ3v) is 4.39. The van der Waals surface area contributed by atoms with Crippen LogP contribution in [0.3, 0.4) is 0 Å². The summed E-state index contributed by atoms with van der Waals surface area (Å²) in [6.07, 6.45) is 3.26. The molecule has 2 aromatic carbocycles. The molecule has 0 fully saturated rings. The van der Waals surface area contributed by atoms with Gasteiger partial charge in [0.1, 0.15) is 11.6 Å². The lowest BCUT2D eigenvalue weighted by Crippen LogP contribution is -2.01. The van der Waals surface area contributed by atoms with Gasteiger partial charge in [0, 0.05) is 11.6 Å². The van der Waals surface area contributed by atoms with E-state index in [4.69, 9.17) is 10.00 Å². The van der Waals surface area contributed by atoms with Crippen molar-refractivity contribution >= 4 is 28.7 Å². The van der Waals surface area contributed by atoms with Gasteiger partial charge in [-0.2, -0.15) is 5.26 Å². The summed E-state index contributed by atoms with van der Waals surface area (Å²) in [5.74, 6) is 0.739. The highest BCUT2D eigenvalue weighted by Gasteiger charge is 2.19. The molecule has 0 radical (unpaired) electrons. The fourth-order valence-corrected chi connectivity index (χ4v) is 3.37. The van der Waals surface area contributed by atoms with E-state index in [1.54, 1.807) is 25.3 Å². The van der Waals surface area contributed by atoms with Gasteiger partial charge in [0.2, 0.25) is 0 Å². The molecule has 0 aliphatic rings. The lowest BCUT2D eigenvalue weighted by Gasteiger charge is -2.20. The first-order valence-corrected chi connectivity index (χ1v) is 8.30. The molecule has 0 saturated heterocycles. The van der Waals surface area contributed by atoms with E-state index in [1.165, 1.54) is 18.2 Å². The molecule has 23 heavy (non-hydrogen) atoms. The molecule has 4 heteroatoms. The Kier molecular flexibility index (Phi) is 5.78. The lowest BCUT2D eigenvalue weighted by atomic mass is 9.89. The number of ether oxygens (including phenoxy) is 1. The molecule has 0 unspecified atom stereocenters. The molecule has 0 atom stereocenters. The summed E-state index contributed by atoms with van der Waals surface area (Å²) in [5.41, 5.74) is 3.81. The van der Waals surface area contributed by atoms with Crippen molar-refractivity contribution in [2.75, 3.05) is 7.11 Å². The number of methoxy groups -OCH3 is 1. The van der Waals surface area contributed by atoms with Gasteiger partial charge in [0.25, 0.3) is 0 Å². The highest BCUT2D eigenvalue weighted by molar-refractivity contribution is 14.1. The Hall–Kier alpha value is -1.87. The van der Waals surface area contributed by atoms with Crippen molar-refractivity contribution in [3.63, 3.8) is 0 Å². The molecule has 0 spiro atoms. The molecule has 0 aliphatic carbocycles.